The van der Waals surface area contributed by atoms with Crippen LogP contribution in [0.15, 0.2) is 18.2 Å². The Morgan fingerprint density at radius 1 is 1.22 bits per heavy atom. The normalized spacial score (nSPS) is 26.3. The highest BCUT2D eigenvalue weighted by atomic mass is 35.5. The van der Waals surface area contributed by atoms with Gasteiger partial charge in [0, 0.05) is 5.54 Å². The van der Waals surface area contributed by atoms with Crippen molar-refractivity contribution in [1.82, 2.24) is 5.32 Å². The van der Waals surface area contributed by atoms with Crippen LogP contribution in [0.4, 0.5) is 0 Å². The van der Waals surface area contributed by atoms with E-state index < -0.39 is 0 Å². The Morgan fingerprint density at radius 3 is 2.83 bits per heavy atom. The third-order valence-corrected chi connectivity index (χ3v) is 4.42. The van der Waals surface area contributed by atoms with Gasteiger partial charge in [-0.25, -0.2) is 0 Å². The predicted octanol–water partition coefficient (Wildman–Crippen LogP) is 3.12. The van der Waals surface area contributed by atoms with Crippen molar-refractivity contribution in [3.8, 4) is 5.75 Å². The second kappa shape index (κ2) is 5.50. The average molecular weight is 268 g/mol. The Labute approximate surface area is 116 Å². The molecule has 3 heteroatoms. The minimum atomic E-state index is 0. The number of piperidine rings is 1. The Morgan fingerprint density at radius 2 is 2.11 bits per heavy atom. The molecule has 1 aliphatic heterocycles. The first kappa shape index (κ1) is 13.7. The molecule has 0 radical (unpaired) electrons. The number of nitrogens with one attached hydrogen (secondary N) is 1. The van der Waals surface area contributed by atoms with E-state index in [0.717, 1.165) is 12.2 Å². The molecule has 1 aromatic carbocycles. The Hall–Kier alpha value is -0.730. The number of rotatable bonds is 1. The summed E-state index contributed by atoms with van der Waals surface area (Å²) in [6.07, 6.45) is 7.65. The first-order chi connectivity index (χ1) is 8.33. The molecule has 3 rings (SSSR count). The molecule has 100 valence electrons. The summed E-state index contributed by atoms with van der Waals surface area (Å²) in [6.45, 7) is 1.19. The van der Waals surface area contributed by atoms with Gasteiger partial charge in [-0.2, -0.15) is 0 Å². The van der Waals surface area contributed by atoms with Crippen molar-refractivity contribution < 1.29 is 4.74 Å². The maximum atomic E-state index is 5.52. The van der Waals surface area contributed by atoms with Gasteiger partial charge in [-0.05, 0) is 55.8 Å². The van der Waals surface area contributed by atoms with Crippen LogP contribution in [-0.2, 0) is 12.8 Å². The van der Waals surface area contributed by atoms with E-state index >= 15 is 0 Å². The van der Waals surface area contributed by atoms with E-state index in [9.17, 15) is 0 Å². The van der Waals surface area contributed by atoms with Crippen LogP contribution >= 0.6 is 12.4 Å². The minimum Gasteiger partial charge on any atom is -0.496 e. The number of methoxy groups -OCH3 is 1. The van der Waals surface area contributed by atoms with E-state index in [-0.39, 0.29) is 12.4 Å². The van der Waals surface area contributed by atoms with E-state index in [1.54, 1.807) is 7.11 Å². The monoisotopic (exact) mass is 267 g/mol. The summed E-state index contributed by atoms with van der Waals surface area (Å²) >= 11 is 0. The topological polar surface area (TPSA) is 21.3 Å². The largest absolute Gasteiger partial charge is 0.496 e. The fourth-order valence-electron chi connectivity index (χ4n) is 3.43. The summed E-state index contributed by atoms with van der Waals surface area (Å²) < 4.78 is 5.52. The van der Waals surface area contributed by atoms with E-state index in [1.165, 1.54) is 49.8 Å². The van der Waals surface area contributed by atoms with Crippen LogP contribution in [0.1, 0.15) is 36.8 Å². The highest BCUT2D eigenvalue weighted by Gasteiger charge is 2.36. The molecule has 1 N–H and O–H groups in total. The van der Waals surface area contributed by atoms with Crippen molar-refractivity contribution in [1.29, 1.82) is 0 Å². The zero-order chi connectivity index (χ0) is 11.7. The fraction of sp³-hybridized carbons (Fsp3) is 0.600. The molecule has 2 nitrogen and oxygen atoms in total. The third-order valence-electron chi connectivity index (χ3n) is 4.42. The third kappa shape index (κ3) is 2.36. The number of benzene rings is 1. The van der Waals surface area contributed by atoms with Crippen molar-refractivity contribution in [3.63, 3.8) is 0 Å². The van der Waals surface area contributed by atoms with Crippen LogP contribution in [0, 0.1) is 0 Å². The number of aryl methyl sites for hydroxylation is 1. The number of hydrogen-bond donors (Lipinski definition) is 1. The van der Waals surface area contributed by atoms with Crippen LogP contribution in [-0.4, -0.2) is 19.2 Å². The lowest BCUT2D eigenvalue weighted by atomic mass is 9.73. The first-order valence-electron chi connectivity index (χ1n) is 6.73. The maximum Gasteiger partial charge on any atom is 0.122 e. The maximum absolute atomic E-state index is 5.52. The molecule has 1 spiro atoms. The second-order valence-corrected chi connectivity index (χ2v) is 5.44. The lowest BCUT2D eigenvalue weighted by Crippen LogP contribution is -2.52. The molecule has 0 saturated carbocycles. The van der Waals surface area contributed by atoms with Gasteiger partial charge in [0.15, 0.2) is 0 Å². The number of hydrogen-bond acceptors (Lipinski definition) is 2. The predicted molar refractivity (Wildman–Crippen MR) is 76.9 cm³/mol. The summed E-state index contributed by atoms with van der Waals surface area (Å²) in [7, 11) is 1.78. The van der Waals surface area contributed by atoms with Crippen molar-refractivity contribution >= 4 is 12.4 Å². The molecular formula is C15H22ClNO. The molecule has 0 bridgehead atoms. The van der Waals surface area contributed by atoms with E-state index in [0.29, 0.717) is 5.54 Å². The van der Waals surface area contributed by atoms with Crippen LogP contribution in [0.2, 0.25) is 0 Å². The molecule has 1 fully saturated rings. The molecule has 1 saturated heterocycles. The first-order valence-corrected chi connectivity index (χ1v) is 6.73. The van der Waals surface area contributed by atoms with Crippen LogP contribution in [0.5, 0.6) is 5.75 Å². The molecule has 1 atom stereocenters. The molecule has 1 heterocycles. The van der Waals surface area contributed by atoms with Gasteiger partial charge >= 0.3 is 0 Å². The molecule has 0 aromatic heterocycles. The van der Waals surface area contributed by atoms with Crippen LogP contribution in [0.3, 0.4) is 0 Å². The number of fused-ring (bicyclic) bond motifs is 1. The van der Waals surface area contributed by atoms with Crippen LogP contribution < -0.4 is 10.1 Å². The standard InChI is InChI=1S/C15H21NO.ClH/c1-17-14-6-4-5-12-7-9-15(11-13(12)14)8-2-3-10-16-15;/h4-6,16H,2-3,7-11H2,1H3;1H. The second-order valence-electron chi connectivity index (χ2n) is 5.44. The zero-order valence-corrected chi connectivity index (χ0v) is 11.8. The van der Waals surface area contributed by atoms with Gasteiger partial charge in [0.1, 0.15) is 5.75 Å². The van der Waals surface area contributed by atoms with E-state index in [2.05, 4.69) is 23.5 Å². The van der Waals surface area contributed by atoms with Gasteiger partial charge in [0.2, 0.25) is 0 Å². The van der Waals surface area contributed by atoms with Gasteiger partial charge in [-0.3, -0.25) is 0 Å². The Balaban J connectivity index is 0.00000120. The van der Waals surface area contributed by atoms with Crippen molar-refractivity contribution in [2.24, 2.45) is 0 Å². The Bertz CT molecular complexity index is 399. The number of ether oxygens (including phenoxy) is 1. The molecule has 1 unspecified atom stereocenters. The SMILES string of the molecule is COc1cccc2c1CC1(CCCCN1)CC2.Cl. The van der Waals surface area contributed by atoms with Crippen LogP contribution in [0.25, 0.3) is 0 Å². The van der Waals surface area contributed by atoms with Crippen molar-refractivity contribution in [2.75, 3.05) is 13.7 Å². The van der Waals surface area contributed by atoms with E-state index in [4.69, 9.17) is 4.74 Å². The summed E-state index contributed by atoms with van der Waals surface area (Å²) in [5.74, 6) is 1.08. The fourth-order valence-corrected chi connectivity index (χ4v) is 3.43. The quantitative estimate of drug-likeness (QED) is 0.844. The molecule has 2 aliphatic rings. The highest BCUT2D eigenvalue weighted by Crippen LogP contribution is 2.38. The van der Waals surface area contributed by atoms with Crippen molar-refractivity contribution in [2.45, 2.75) is 44.1 Å². The van der Waals surface area contributed by atoms with E-state index in [1.807, 2.05) is 0 Å². The molecule has 0 amide bonds. The van der Waals surface area contributed by atoms with Gasteiger partial charge in [0.25, 0.3) is 0 Å². The van der Waals surface area contributed by atoms with Gasteiger partial charge in [-0.1, -0.05) is 18.6 Å². The average Bonchev–Trinajstić information content (AvgIpc) is 2.39. The van der Waals surface area contributed by atoms with Crippen molar-refractivity contribution in [3.05, 3.63) is 29.3 Å². The summed E-state index contributed by atoms with van der Waals surface area (Å²) in [5, 5.41) is 3.77. The Kier molecular flexibility index (Phi) is 4.18. The minimum absolute atomic E-state index is 0. The molecule has 1 aliphatic carbocycles. The lowest BCUT2D eigenvalue weighted by Gasteiger charge is -2.42. The number of halogens is 1. The summed E-state index contributed by atoms with van der Waals surface area (Å²) in [5.41, 5.74) is 3.29. The summed E-state index contributed by atoms with van der Waals surface area (Å²) in [4.78, 5) is 0. The molecule has 18 heavy (non-hydrogen) atoms. The molecular weight excluding hydrogens is 246 g/mol. The summed E-state index contributed by atoms with van der Waals surface area (Å²) in [6, 6.07) is 6.47. The molecule has 1 aromatic rings. The zero-order valence-electron chi connectivity index (χ0n) is 11.0. The highest BCUT2D eigenvalue weighted by molar-refractivity contribution is 5.85. The lowest BCUT2D eigenvalue weighted by molar-refractivity contribution is 0.222. The van der Waals surface area contributed by atoms with Gasteiger partial charge < -0.3 is 10.1 Å². The van der Waals surface area contributed by atoms with Gasteiger partial charge in [0.05, 0.1) is 7.11 Å². The smallest absolute Gasteiger partial charge is 0.122 e. The van der Waals surface area contributed by atoms with Gasteiger partial charge in [-0.15, -0.1) is 12.4 Å².